The molecular formula is C22H19Cl2N3O3S. The molecule has 0 aliphatic carbocycles. The van der Waals surface area contributed by atoms with Gasteiger partial charge in [-0.2, -0.15) is 5.10 Å². The van der Waals surface area contributed by atoms with Crippen LogP contribution in [0.2, 0.25) is 10.0 Å². The van der Waals surface area contributed by atoms with Crippen LogP contribution in [0.1, 0.15) is 11.1 Å². The molecule has 3 aromatic rings. The van der Waals surface area contributed by atoms with Crippen LogP contribution in [0.15, 0.2) is 82.8 Å². The quantitative estimate of drug-likeness (QED) is 0.399. The maximum Gasteiger partial charge on any atom is 0.264 e. The van der Waals surface area contributed by atoms with Crippen molar-refractivity contribution in [1.29, 1.82) is 0 Å². The van der Waals surface area contributed by atoms with Gasteiger partial charge in [0.05, 0.1) is 26.8 Å². The van der Waals surface area contributed by atoms with Crippen molar-refractivity contribution in [1.82, 2.24) is 5.43 Å². The van der Waals surface area contributed by atoms with Crippen LogP contribution in [-0.2, 0) is 14.8 Å². The lowest BCUT2D eigenvalue weighted by Crippen LogP contribution is -2.40. The van der Waals surface area contributed by atoms with Crippen LogP contribution >= 0.6 is 23.2 Å². The number of rotatable bonds is 7. The number of anilines is 1. The molecule has 0 saturated carbocycles. The number of amides is 1. The van der Waals surface area contributed by atoms with Gasteiger partial charge in [-0.3, -0.25) is 9.10 Å². The van der Waals surface area contributed by atoms with Crippen molar-refractivity contribution >= 4 is 51.0 Å². The highest BCUT2D eigenvalue weighted by Crippen LogP contribution is 2.26. The number of benzene rings is 3. The number of hydrazone groups is 1. The van der Waals surface area contributed by atoms with Gasteiger partial charge in [-0.15, -0.1) is 0 Å². The van der Waals surface area contributed by atoms with E-state index in [2.05, 4.69) is 10.5 Å². The van der Waals surface area contributed by atoms with E-state index < -0.39 is 22.5 Å². The summed E-state index contributed by atoms with van der Waals surface area (Å²) in [6, 6.07) is 19.8. The average molecular weight is 476 g/mol. The van der Waals surface area contributed by atoms with Crippen LogP contribution in [0, 0.1) is 6.92 Å². The van der Waals surface area contributed by atoms with Crippen molar-refractivity contribution in [2.24, 2.45) is 5.10 Å². The Bertz CT molecular complexity index is 1220. The molecule has 0 aliphatic rings. The minimum Gasteiger partial charge on any atom is -0.271 e. The number of carbonyl (C=O) groups excluding carboxylic acids is 1. The zero-order valence-corrected chi connectivity index (χ0v) is 18.8. The van der Waals surface area contributed by atoms with Gasteiger partial charge in [0.25, 0.3) is 15.9 Å². The number of sulfonamides is 1. The fourth-order valence-corrected chi connectivity index (χ4v) is 4.61. The van der Waals surface area contributed by atoms with Gasteiger partial charge < -0.3 is 0 Å². The normalized spacial score (nSPS) is 11.5. The van der Waals surface area contributed by atoms with Gasteiger partial charge in [-0.05, 0) is 48.4 Å². The first-order chi connectivity index (χ1) is 14.8. The Kier molecular flexibility index (Phi) is 7.33. The first kappa shape index (κ1) is 22.8. The first-order valence-corrected chi connectivity index (χ1v) is 11.4. The van der Waals surface area contributed by atoms with Crippen molar-refractivity contribution in [2.75, 3.05) is 10.8 Å². The summed E-state index contributed by atoms with van der Waals surface area (Å²) in [6.07, 6.45) is 1.39. The molecule has 0 fully saturated rings. The number of halogens is 2. The van der Waals surface area contributed by atoms with Gasteiger partial charge in [0.1, 0.15) is 6.54 Å². The molecule has 1 amide bonds. The molecule has 0 radical (unpaired) electrons. The highest BCUT2D eigenvalue weighted by atomic mass is 35.5. The van der Waals surface area contributed by atoms with Crippen molar-refractivity contribution < 1.29 is 13.2 Å². The molecule has 0 atom stereocenters. The predicted octanol–water partition coefficient (Wildman–Crippen LogP) is 4.65. The minimum atomic E-state index is -3.97. The summed E-state index contributed by atoms with van der Waals surface area (Å²) in [5.74, 6) is -0.598. The summed E-state index contributed by atoms with van der Waals surface area (Å²) >= 11 is 11.8. The molecule has 9 heteroatoms. The van der Waals surface area contributed by atoms with Crippen molar-refractivity contribution in [3.05, 3.63) is 94.0 Å². The maximum absolute atomic E-state index is 13.3. The second kappa shape index (κ2) is 9.96. The van der Waals surface area contributed by atoms with Crippen LogP contribution in [-0.4, -0.2) is 27.1 Å². The van der Waals surface area contributed by atoms with Crippen molar-refractivity contribution in [2.45, 2.75) is 11.8 Å². The standard InChI is InChI=1S/C22H19Cl2N3O3S/c1-16-7-5-6-10-21(16)27(31(29,30)18-8-3-2-4-9-18)15-22(28)26-25-14-17-11-12-19(23)20(24)13-17/h2-14H,15H2,1H3,(H,26,28)/b25-14+. The second-order valence-electron chi connectivity index (χ2n) is 6.58. The summed E-state index contributed by atoms with van der Waals surface area (Å²) in [5.41, 5.74) is 4.11. The first-order valence-electron chi connectivity index (χ1n) is 9.19. The van der Waals surface area contributed by atoms with E-state index in [1.165, 1.54) is 18.3 Å². The van der Waals surface area contributed by atoms with E-state index in [-0.39, 0.29) is 4.90 Å². The zero-order chi connectivity index (χ0) is 22.4. The number of hydrogen-bond donors (Lipinski definition) is 1. The third-order valence-corrected chi connectivity index (χ3v) is 6.86. The van der Waals surface area contributed by atoms with Crippen molar-refractivity contribution in [3.63, 3.8) is 0 Å². The Morgan fingerprint density at radius 3 is 2.35 bits per heavy atom. The Labute approximate surface area is 191 Å². The number of nitrogens with zero attached hydrogens (tertiary/aromatic N) is 2. The monoisotopic (exact) mass is 475 g/mol. The average Bonchev–Trinajstić information content (AvgIpc) is 2.76. The Balaban J connectivity index is 1.83. The molecule has 3 aromatic carbocycles. The lowest BCUT2D eigenvalue weighted by Gasteiger charge is -2.25. The topological polar surface area (TPSA) is 78.8 Å². The molecule has 0 saturated heterocycles. The third kappa shape index (κ3) is 5.64. The van der Waals surface area contributed by atoms with E-state index in [0.29, 0.717) is 26.9 Å². The smallest absolute Gasteiger partial charge is 0.264 e. The Morgan fingerprint density at radius 2 is 1.68 bits per heavy atom. The summed E-state index contributed by atoms with van der Waals surface area (Å²) < 4.78 is 27.6. The number of aryl methyl sites for hydroxylation is 1. The number of para-hydroxylation sites is 1. The largest absolute Gasteiger partial charge is 0.271 e. The van der Waals surface area contributed by atoms with Gasteiger partial charge in [-0.1, -0.05) is 65.7 Å². The van der Waals surface area contributed by atoms with E-state index in [1.54, 1.807) is 67.6 Å². The molecule has 1 N–H and O–H groups in total. The predicted molar refractivity (Wildman–Crippen MR) is 124 cm³/mol. The van der Waals surface area contributed by atoms with Crippen LogP contribution in [0.4, 0.5) is 5.69 Å². The molecule has 0 aromatic heterocycles. The van der Waals surface area contributed by atoms with Gasteiger partial charge in [-0.25, -0.2) is 13.8 Å². The maximum atomic E-state index is 13.3. The van der Waals surface area contributed by atoms with E-state index >= 15 is 0 Å². The van der Waals surface area contributed by atoms with Crippen molar-refractivity contribution in [3.8, 4) is 0 Å². The minimum absolute atomic E-state index is 0.0883. The molecule has 0 bridgehead atoms. The fraction of sp³-hybridized carbons (Fsp3) is 0.0909. The lowest BCUT2D eigenvalue weighted by atomic mass is 10.2. The van der Waals surface area contributed by atoms with Gasteiger partial charge in [0, 0.05) is 0 Å². The van der Waals surface area contributed by atoms with E-state index in [0.717, 1.165) is 4.31 Å². The highest BCUT2D eigenvalue weighted by Gasteiger charge is 2.27. The van der Waals surface area contributed by atoms with Gasteiger partial charge in [0.15, 0.2) is 0 Å². The molecule has 6 nitrogen and oxygen atoms in total. The molecule has 31 heavy (non-hydrogen) atoms. The zero-order valence-electron chi connectivity index (χ0n) is 16.5. The second-order valence-corrected chi connectivity index (χ2v) is 9.25. The summed E-state index contributed by atoms with van der Waals surface area (Å²) in [6.45, 7) is 1.34. The molecule has 3 rings (SSSR count). The number of nitrogens with one attached hydrogen (secondary N) is 1. The molecule has 0 aliphatic heterocycles. The highest BCUT2D eigenvalue weighted by molar-refractivity contribution is 7.92. The summed E-state index contributed by atoms with van der Waals surface area (Å²) in [4.78, 5) is 12.6. The molecule has 0 unspecified atom stereocenters. The molecule has 0 heterocycles. The molecule has 160 valence electrons. The van der Waals surface area contributed by atoms with Crippen LogP contribution in [0.5, 0.6) is 0 Å². The Morgan fingerprint density at radius 1 is 1.00 bits per heavy atom. The molecular weight excluding hydrogens is 457 g/mol. The van der Waals surface area contributed by atoms with Crippen LogP contribution < -0.4 is 9.73 Å². The van der Waals surface area contributed by atoms with E-state index in [9.17, 15) is 13.2 Å². The van der Waals surface area contributed by atoms with Crippen LogP contribution in [0.3, 0.4) is 0 Å². The number of carbonyl (C=O) groups is 1. The van der Waals surface area contributed by atoms with Gasteiger partial charge in [0.2, 0.25) is 0 Å². The third-order valence-electron chi connectivity index (χ3n) is 4.35. The number of hydrogen-bond acceptors (Lipinski definition) is 4. The summed E-state index contributed by atoms with van der Waals surface area (Å²) in [5, 5.41) is 4.65. The van der Waals surface area contributed by atoms with E-state index in [4.69, 9.17) is 23.2 Å². The lowest BCUT2D eigenvalue weighted by molar-refractivity contribution is -0.119. The van der Waals surface area contributed by atoms with E-state index in [1.807, 2.05) is 0 Å². The molecule has 0 spiro atoms. The van der Waals surface area contributed by atoms with Crippen LogP contribution in [0.25, 0.3) is 0 Å². The Hall–Kier alpha value is -2.87. The SMILES string of the molecule is Cc1ccccc1N(CC(=O)N/N=C/c1ccc(Cl)c(Cl)c1)S(=O)(=O)c1ccccc1. The van der Waals surface area contributed by atoms with Gasteiger partial charge >= 0.3 is 0 Å². The summed E-state index contributed by atoms with van der Waals surface area (Å²) in [7, 11) is -3.97. The fourth-order valence-electron chi connectivity index (χ4n) is 2.80.